The van der Waals surface area contributed by atoms with Crippen LogP contribution in [0.15, 0.2) is 0 Å². The number of aliphatic hydroxyl groups excluding tert-OH is 1. The number of hydrogen-bond donors (Lipinski definition) is 4. The predicted octanol–water partition coefficient (Wildman–Crippen LogP) is -0.316. The number of rotatable bonds is 13. The van der Waals surface area contributed by atoms with Gasteiger partial charge in [-0.3, -0.25) is 24.0 Å². The average molecular weight is 420 g/mol. The van der Waals surface area contributed by atoms with Crippen molar-refractivity contribution in [2.45, 2.75) is 46.1 Å². The fraction of sp³-hybridized carbons (Fsp3) is 0.706. The highest BCUT2D eigenvalue weighted by Crippen LogP contribution is 2.21. The molecule has 0 unspecified atom stereocenters. The van der Waals surface area contributed by atoms with Crippen LogP contribution in [0.25, 0.3) is 0 Å². The minimum Gasteiger partial charge on any atom is -0.481 e. The summed E-state index contributed by atoms with van der Waals surface area (Å²) in [6.07, 6.45) is -2.14. The lowest BCUT2D eigenvalue weighted by atomic mass is 9.87. The molecular weight excluding hydrogens is 392 g/mol. The quantitative estimate of drug-likeness (QED) is 0.231. The zero-order chi connectivity index (χ0) is 21.7. The first-order chi connectivity index (χ1) is 13.0. The molecule has 2 amide bonds. The number of thioether (sulfide) groups is 1. The predicted molar refractivity (Wildman–Crippen MR) is 101 cm³/mol. The van der Waals surface area contributed by atoms with Crippen LogP contribution in [0.3, 0.4) is 0 Å². The second-order valence-corrected chi connectivity index (χ2v) is 7.95. The van der Waals surface area contributed by atoms with Gasteiger partial charge in [-0.05, 0) is 0 Å². The van der Waals surface area contributed by atoms with E-state index >= 15 is 0 Å². The fourth-order valence-corrected chi connectivity index (χ4v) is 2.34. The Bertz CT molecular complexity index is 580. The van der Waals surface area contributed by atoms with Crippen molar-refractivity contribution < 1.29 is 38.9 Å². The first-order valence-corrected chi connectivity index (χ1v) is 9.67. The van der Waals surface area contributed by atoms with E-state index in [4.69, 9.17) is 9.84 Å². The van der Waals surface area contributed by atoms with E-state index in [1.807, 2.05) is 0 Å². The maximum absolute atomic E-state index is 12.0. The summed E-state index contributed by atoms with van der Waals surface area (Å²) in [6, 6.07) is 0. The molecule has 0 spiro atoms. The molecule has 28 heavy (non-hydrogen) atoms. The summed E-state index contributed by atoms with van der Waals surface area (Å²) in [5.41, 5.74) is -1.10. The van der Waals surface area contributed by atoms with Crippen LogP contribution in [-0.2, 0) is 28.7 Å². The third-order valence-corrected chi connectivity index (χ3v) is 4.33. The number of carboxylic acids is 1. The van der Waals surface area contributed by atoms with E-state index in [1.165, 1.54) is 20.8 Å². The van der Waals surface area contributed by atoms with Crippen LogP contribution in [0.1, 0.15) is 40.0 Å². The summed E-state index contributed by atoms with van der Waals surface area (Å²) >= 11 is 1.10. The number of carboxylic acid groups (broad SMARTS) is 1. The zero-order valence-corrected chi connectivity index (χ0v) is 17.1. The summed E-state index contributed by atoms with van der Waals surface area (Å²) in [4.78, 5) is 56.2. The van der Waals surface area contributed by atoms with Gasteiger partial charge in [-0.1, -0.05) is 25.6 Å². The van der Waals surface area contributed by atoms with Gasteiger partial charge < -0.3 is 25.6 Å². The van der Waals surface area contributed by atoms with E-state index in [-0.39, 0.29) is 43.4 Å². The Kier molecular flexibility index (Phi) is 12.1. The first kappa shape index (κ1) is 25.9. The van der Waals surface area contributed by atoms with E-state index in [0.717, 1.165) is 11.8 Å². The van der Waals surface area contributed by atoms with Crippen LogP contribution < -0.4 is 10.6 Å². The standard InChI is InChI=1S/C17H28N2O8S/c1-11(20)28-9-8-18-12(21)6-7-19-16(26)15(25)17(2,3)10-27-14(24)5-4-13(22)23/h15,25H,4-10H2,1-3H3,(H,18,21)(H,19,26)(H,22,23)/t15-/m0/s1. The number of nitrogens with one attached hydrogen (secondary N) is 2. The highest BCUT2D eigenvalue weighted by molar-refractivity contribution is 8.13. The molecule has 0 heterocycles. The van der Waals surface area contributed by atoms with E-state index < -0.39 is 29.4 Å². The highest BCUT2D eigenvalue weighted by Gasteiger charge is 2.35. The lowest BCUT2D eigenvalue weighted by molar-refractivity contribution is -0.154. The van der Waals surface area contributed by atoms with Crippen molar-refractivity contribution in [3.8, 4) is 0 Å². The Balaban J connectivity index is 4.16. The molecule has 4 N–H and O–H groups in total. The van der Waals surface area contributed by atoms with Gasteiger partial charge in [0.1, 0.15) is 6.10 Å². The van der Waals surface area contributed by atoms with Crippen LogP contribution in [0.5, 0.6) is 0 Å². The maximum Gasteiger partial charge on any atom is 0.306 e. The molecule has 1 atom stereocenters. The number of aliphatic hydroxyl groups is 1. The molecule has 11 heteroatoms. The molecule has 0 saturated heterocycles. The van der Waals surface area contributed by atoms with Crippen molar-refractivity contribution in [3.63, 3.8) is 0 Å². The monoisotopic (exact) mass is 420 g/mol. The van der Waals surface area contributed by atoms with E-state index in [9.17, 15) is 29.1 Å². The fourth-order valence-electron chi connectivity index (χ4n) is 1.85. The number of esters is 1. The lowest BCUT2D eigenvalue weighted by Crippen LogP contribution is -2.47. The number of amides is 2. The van der Waals surface area contributed by atoms with Crippen LogP contribution in [0.4, 0.5) is 0 Å². The van der Waals surface area contributed by atoms with Crippen LogP contribution in [0.2, 0.25) is 0 Å². The summed E-state index contributed by atoms with van der Waals surface area (Å²) in [6.45, 7) is 4.54. The van der Waals surface area contributed by atoms with Gasteiger partial charge in [-0.2, -0.15) is 0 Å². The molecule has 0 aliphatic heterocycles. The minimum atomic E-state index is -1.49. The average Bonchev–Trinajstić information content (AvgIpc) is 2.60. The number of ether oxygens (including phenoxy) is 1. The van der Waals surface area contributed by atoms with Crippen LogP contribution in [-0.4, -0.2) is 70.6 Å². The molecule has 0 bridgehead atoms. The summed E-state index contributed by atoms with van der Waals surface area (Å²) in [5.74, 6) is -2.41. The maximum atomic E-state index is 12.0. The Hall–Kier alpha value is -2.14. The smallest absolute Gasteiger partial charge is 0.306 e. The number of aliphatic carboxylic acids is 1. The van der Waals surface area contributed by atoms with Gasteiger partial charge >= 0.3 is 11.9 Å². The van der Waals surface area contributed by atoms with Gasteiger partial charge in [-0.25, -0.2) is 0 Å². The summed E-state index contributed by atoms with van der Waals surface area (Å²) in [5, 5.41) is 23.6. The van der Waals surface area contributed by atoms with Crippen LogP contribution >= 0.6 is 11.8 Å². The first-order valence-electron chi connectivity index (χ1n) is 8.69. The van der Waals surface area contributed by atoms with Gasteiger partial charge in [0.05, 0.1) is 19.4 Å². The summed E-state index contributed by atoms with van der Waals surface area (Å²) < 4.78 is 4.91. The Labute approximate surface area is 167 Å². The van der Waals surface area contributed by atoms with Gasteiger partial charge in [0.2, 0.25) is 11.8 Å². The van der Waals surface area contributed by atoms with Crippen molar-refractivity contribution in [2.75, 3.05) is 25.4 Å². The molecule has 0 aromatic rings. The van der Waals surface area contributed by atoms with Crippen molar-refractivity contribution >= 4 is 40.6 Å². The van der Waals surface area contributed by atoms with Gasteiger partial charge in [0.25, 0.3) is 0 Å². The third kappa shape index (κ3) is 12.3. The van der Waals surface area contributed by atoms with Crippen molar-refractivity contribution in [2.24, 2.45) is 5.41 Å². The second-order valence-electron chi connectivity index (χ2n) is 6.68. The van der Waals surface area contributed by atoms with Crippen molar-refractivity contribution in [1.82, 2.24) is 10.6 Å². The number of hydrogen-bond acceptors (Lipinski definition) is 8. The molecule has 160 valence electrons. The molecule has 0 aromatic heterocycles. The minimum absolute atomic E-state index is 0.00774. The molecule has 0 aliphatic rings. The van der Waals surface area contributed by atoms with Gasteiger partial charge in [0.15, 0.2) is 5.12 Å². The molecule has 0 radical (unpaired) electrons. The molecule has 0 saturated carbocycles. The molecule has 0 aliphatic carbocycles. The molecule has 0 rings (SSSR count). The zero-order valence-electron chi connectivity index (χ0n) is 16.3. The second kappa shape index (κ2) is 13.1. The third-order valence-electron chi connectivity index (χ3n) is 3.52. The largest absolute Gasteiger partial charge is 0.481 e. The Morgan fingerprint density at radius 3 is 2.25 bits per heavy atom. The van der Waals surface area contributed by atoms with E-state index in [2.05, 4.69) is 10.6 Å². The van der Waals surface area contributed by atoms with Crippen molar-refractivity contribution in [3.05, 3.63) is 0 Å². The molecular formula is C17H28N2O8S. The number of carbonyl (C=O) groups excluding carboxylic acids is 4. The SMILES string of the molecule is CC(=O)SCCNC(=O)CCNC(=O)[C@H](O)C(C)(C)COC(=O)CCC(=O)O. The Morgan fingerprint density at radius 1 is 1.04 bits per heavy atom. The summed E-state index contributed by atoms with van der Waals surface area (Å²) in [7, 11) is 0. The van der Waals surface area contributed by atoms with Crippen molar-refractivity contribution in [1.29, 1.82) is 0 Å². The van der Waals surface area contributed by atoms with E-state index in [0.29, 0.717) is 12.3 Å². The van der Waals surface area contributed by atoms with Gasteiger partial charge in [0, 0.05) is 37.6 Å². The van der Waals surface area contributed by atoms with E-state index in [1.54, 1.807) is 0 Å². The number of carbonyl (C=O) groups is 5. The molecule has 10 nitrogen and oxygen atoms in total. The van der Waals surface area contributed by atoms with Gasteiger partial charge in [-0.15, -0.1) is 0 Å². The lowest BCUT2D eigenvalue weighted by Gasteiger charge is -2.29. The normalized spacial score (nSPS) is 12.0. The highest BCUT2D eigenvalue weighted by atomic mass is 32.2. The Morgan fingerprint density at radius 2 is 1.68 bits per heavy atom. The topological polar surface area (TPSA) is 159 Å². The molecule has 0 fully saturated rings. The van der Waals surface area contributed by atoms with Crippen LogP contribution in [0, 0.1) is 5.41 Å². The molecule has 0 aromatic carbocycles.